The summed E-state index contributed by atoms with van der Waals surface area (Å²) in [5, 5.41) is 6.22. The number of benzene rings is 2. The molecule has 0 saturated heterocycles. The summed E-state index contributed by atoms with van der Waals surface area (Å²) < 4.78 is 54.9. The molecule has 0 aliphatic heterocycles. The number of aryl methyl sites for hydroxylation is 1. The third-order valence-electron chi connectivity index (χ3n) is 3.78. The normalized spacial score (nSPS) is 11.5. The summed E-state index contributed by atoms with van der Waals surface area (Å²) in [6.07, 6.45) is -4.05. The van der Waals surface area contributed by atoms with Crippen LogP contribution in [0, 0.1) is 12.7 Å². The van der Waals surface area contributed by atoms with Crippen molar-refractivity contribution in [2.45, 2.75) is 13.1 Å². The summed E-state index contributed by atoms with van der Waals surface area (Å²) in [7, 11) is 0. The average Bonchev–Trinajstić information content (AvgIpc) is 3.04. The molecule has 0 spiro atoms. The van der Waals surface area contributed by atoms with Crippen molar-refractivity contribution in [3.05, 3.63) is 76.3 Å². The molecular weight excluding hydrogens is 386 g/mol. The van der Waals surface area contributed by atoms with Gasteiger partial charge in [0.1, 0.15) is 5.82 Å². The van der Waals surface area contributed by atoms with Gasteiger partial charge in [0, 0.05) is 10.7 Å². The first-order valence-corrected chi connectivity index (χ1v) is 8.03. The van der Waals surface area contributed by atoms with E-state index in [1.807, 2.05) is 0 Å². The van der Waals surface area contributed by atoms with Crippen LogP contribution in [0.3, 0.4) is 0 Å². The van der Waals surface area contributed by atoms with E-state index in [2.05, 4.69) is 10.4 Å². The molecule has 3 rings (SSSR count). The Morgan fingerprint density at radius 3 is 2.59 bits per heavy atom. The SMILES string of the molecule is Cc1ccc(F)cc1NC(=O)c1cnn(-c2cccc(Cl)c2)c1C(F)(F)F. The Labute approximate surface area is 156 Å². The van der Waals surface area contributed by atoms with Crippen molar-refractivity contribution in [3.8, 4) is 5.69 Å². The number of halogens is 5. The lowest BCUT2D eigenvalue weighted by atomic mass is 10.1. The lowest BCUT2D eigenvalue weighted by molar-refractivity contribution is -0.143. The van der Waals surface area contributed by atoms with Crippen molar-refractivity contribution in [1.29, 1.82) is 0 Å². The summed E-state index contributed by atoms with van der Waals surface area (Å²) >= 11 is 5.83. The van der Waals surface area contributed by atoms with Crippen molar-refractivity contribution >= 4 is 23.2 Å². The van der Waals surface area contributed by atoms with Gasteiger partial charge < -0.3 is 5.32 Å². The molecule has 0 fully saturated rings. The number of hydrogen-bond acceptors (Lipinski definition) is 2. The number of rotatable bonds is 3. The number of nitrogens with zero attached hydrogens (tertiary/aromatic N) is 2. The predicted octanol–water partition coefficient (Wildman–Crippen LogP) is 5.24. The lowest BCUT2D eigenvalue weighted by Gasteiger charge is -2.13. The maximum atomic E-state index is 13.6. The first-order chi connectivity index (χ1) is 12.7. The lowest BCUT2D eigenvalue weighted by Crippen LogP contribution is -2.21. The number of hydrogen-bond donors (Lipinski definition) is 1. The number of amides is 1. The van der Waals surface area contributed by atoms with E-state index in [0.29, 0.717) is 10.2 Å². The van der Waals surface area contributed by atoms with Gasteiger partial charge in [-0.2, -0.15) is 18.3 Å². The molecule has 0 atom stereocenters. The molecule has 0 bridgehead atoms. The smallest absolute Gasteiger partial charge is 0.322 e. The van der Waals surface area contributed by atoms with E-state index in [1.54, 1.807) is 6.92 Å². The van der Waals surface area contributed by atoms with E-state index < -0.39 is 29.2 Å². The van der Waals surface area contributed by atoms with Crippen LogP contribution in [0.5, 0.6) is 0 Å². The molecule has 9 heteroatoms. The summed E-state index contributed by atoms with van der Waals surface area (Å²) in [4.78, 5) is 12.4. The van der Waals surface area contributed by atoms with Crippen LogP contribution in [0.2, 0.25) is 5.02 Å². The zero-order valence-electron chi connectivity index (χ0n) is 13.8. The quantitative estimate of drug-likeness (QED) is 0.614. The van der Waals surface area contributed by atoms with Crippen LogP contribution in [0.15, 0.2) is 48.7 Å². The number of carbonyl (C=O) groups is 1. The number of aromatic nitrogens is 2. The van der Waals surface area contributed by atoms with Gasteiger partial charge in [-0.25, -0.2) is 9.07 Å². The maximum Gasteiger partial charge on any atom is 0.434 e. The second kappa shape index (κ2) is 7.03. The highest BCUT2D eigenvalue weighted by Gasteiger charge is 2.40. The van der Waals surface area contributed by atoms with Gasteiger partial charge in [-0.15, -0.1) is 0 Å². The first kappa shape index (κ1) is 18.9. The Kier molecular flexibility index (Phi) is 4.93. The molecule has 3 aromatic rings. The Balaban J connectivity index is 2.05. The minimum absolute atomic E-state index is 0.0517. The molecular formula is C18H12ClF4N3O. The van der Waals surface area contributed by atoms with Gasteiger partial charge in [-0.3, -0.25) is 4.79 Å². The highest BCUT2D eigenvalue weighted by molar-refractivity contribution is 6.30. The van der Waals surface area contributed by atoms with Crippen LogP contribution in [0.4, 0.5) is 23.2 Å². The standard InChI is InChI=1S/C18H12ClF4N3O/c1-10-5-6-12(20)8-15(10)25-17(27)14-9-24-26(16(14)18(21,22)23)13-4-2-3-11(19)7-13/h2-9H,1H3,(H,25,27). The molecule has 0 radical (unpaired) electrons. The fraction of sp³-hybridized carbons (Fsp3) is 0.111. The average molecular weight is 398 g/mol. The topological polar surface area (TPSA) is 46.9 Å². The summed E-state index contributed by atoms with van der Waals surface area (Å²) in [6, 6.07) is 9.27. The van der Waals surface area contributed by atoms with Crippen molar-refractivity contribution in [2.24, 2.45) is 0 Å². The van der Waals surface area contributed by atoms with Gasteiger partial charge >= 0.3 is 6.18 Å². The van der Waals surface area contributed by atoms with Crippen LogP contribution in [0.25, 0.3) is 5.69 Å². The molecule has 0 saturated carbocycles. The largest absolute Gasteiger partial charge is 0.434 e. The molecule has 0 aliphatic rings. The molecule has 140 valence electrons. The van der Waals surface area contributed by atoms with E-state index in [0.717, 1.165) is 12.3 Å². The van der Waals surface area contributed by atoms with Gasteiger partial charge in [0.05, 0.1) is 17.4 Å². The van der Waals surface area contributed by atoms with E-state index >= 15 is 0 Å². The van der Waals surface area contributed by atoms with E-state index in [4.69, 9.17) is 11.6 Å². The Bertz CT molecular complexity index is 1010. The van der Waals surface area contributed by atoms with Crippen LogP contribution >= 0.6 is 11.6 Å². The maximum absolute atomic E-state index is 13.6. The zero-order valence-corrected chi connectivity index (χ0v) is 14.6. The van der Waals surface area contributed by atoms with Crippen molar-refractivity contribution in [2.75, 3.05) is 5.32 Å². The number of alkyl halides is 3. The van der Waals surface area contributed by atoms with Gasteiger partial charge in [0.15, 0.2) is 5.69 Å². The van der Waals surface area contributed by atoms with E-state index in [1.165, 1.54) is 36.4 Å². The van der Waals surface area contributed by atoms with E-state index in [9.17, 15) is 22.4 Å². The molecule has 1 heterocycles. The molecule has 1 aromatic heterocycles. The van der Waals surface area contributed by atoms with Gasteiger partial charge in [-0.1, -0.05) is 23.7 Å². The molecule has 27 heavy (non-hydrogen) atoms. The summed E-state index contributed by atoms with van der Waals surface area (Å²) in [5.41, 5.74) is -1.32. The number of nitrogens with one attached hydrogen (secondary N) is 1. The van der Waals surface area contributed by atoms with Crippen LogP contribution < -0.4 is 5.32 Å². The molecule has 1 N–H and O–H groups in total. The van der Waals surface area contributed by atoms with Crippen LogP contribution in [-0.2, 0) is 6.18 Å². The minimum Gasteiger partial charge on any atom is -0.322 e. The van der Waals surface area contributed by atoms with Gasteiger partial charge in [0.2, 0.25) is 0 Å². The first-order valence-electron chi connectivity index (χ1n) is 7.65. The third-order valence-corrected chi connectivity index (χ3v) is 4.02. The fourth-order valence-electron chi connectivity index (χ4n) is 2.51. The second-order valence-electron chi connectivity index (χ2n) is 5.71. The van der Waals surface area contributed by atoms with Crippen molar-refractivity contribution in [1.82, 2.24) is 9.78 Å². The van der Waals surface area contributed by atoms with Gasteiger partial charge in [0.25, 0.3) is 5.91 Å². The molecule has 0 unspecified atom stereocenters. The Morgan fingerprint density at radius 1 is 1.19 bits per heavy atom. The van der Waals surface area contributed by atoms with Crippen molar-refractivity contribution in [3.63, 3.8) is 0 Å². The Hall–Kier alpha value is -2.87. The third kappa shape index (κ3) is 3.95. The predicted molar refractivity (Wildman–Crippen MR) is 92.7 cm³/mol. The van der Waals surface area contributed by atoms with Crippen LogP contribution in [-0.4, -0.2) is 15.7 Å². The summed E-state index contributed by atoms with van der Waals surface area (Å²) in [6.45, 7) is 1.59. The van der Waals surface area contributed by atoms with Gasteiger partial charge in [-0.05, 0) is 42.8 Å². The zero-order chi connectivity index (χ0) is 19.8. The van der Waals surface area contributed by atoms with E-state index in [-0.39, 0.29) is 16.4 Å². The molecule has 4 nitrogen and oxygen atoms in total. The van der Waals surface area contributed by atoms with Crippen molar-refractivity contribution < 1.29 is 22.4 Å². The second-order valence-corrected chi connectivity index (χ2v) is 6.15. The highest BCUT2D eigenvalue weighted by Crippen LogP contribution is 2.34. The molecule has 1 amide bonds. The monoisotopic (exact) mass is 397 g/mol. The molecule has 0 aliphatic carbocycles. The minimum atomic E-state index is -4.86. The van der Waals surface area contributed by atoms with Crippen LogP contribution in [0.1, 0.15) is 21.6 Å². The highest BCUT2D eigenvalue weighted by atomic mass is 35.5. The summed E-state index contributed by atoms with van der Waals surface area (Å²) in [5.74, 6) is -1.68. The molecule has 2 aromatic carbocycles. The number of carbonyl (C=O) groups excluding carboxylic acids is 1. The number of anilines is 1. The Morgan fingerprint density at radius 2 is 1.93 bits per heavy atom. The fourth-order valence-corrected chi connectivity index (χ4v) is 2.69.